The van der Waals surface area contributed by atoms with Crippen molar-refractivity contribution in [3.63, 3.8) is 0 Å². The van der Waals surface area contributed by atoms with Crippen molar-refractivity contribution >= 4 is 23.2 Å². The summed E-state index contributed by atoms with van der Waals surface area (Å²) in [6.45, 7) is 6.68. The average molecular weight is 344 g/mol. The molecule has 0 atom stereocenters. The molecule has 1 saturated carbocycles. The zero-order chi connectivity index (χ0) is 18.0. The van der Waals surface area contributed by atoms with E-state index in [-0.39, 0.29) is 17.7 Å². The van der Waals surface area contributed by atoms with Gasteiger partial charge in [0, 0.05) is 24.2 Å². The van der Waals surface area contributed by atoms with E-state index in [1.807, 2.05) is 39.0 Å². The number of benzene rings is 1. The first-order valence-electron chi connectivity index (χ1n) is 9.32. The van der Waals surface area contributed by atoms with Crippen LogP contribution in [0.2, 0.25) is 0 Å². The summed E-state index contributed by atoms with van der Waals surface area (Å²) in [7, 11) is 0. The highest BCUT2D eigenvalue weighted by Crippen LogP contribution is 2.38. The minimum Gasteiger partial charge on any atom is -0.490 e. The monoisotopic (exact) mass is 344 g/mol. The van der Waals surface area contributed by atoms with E-state index in [0.717, 1.165) is 37.1 Å². The highest BCUT2D eigenvalue weighted by molar-refractivity contribution is 6.00. The van der Waals surface area contributed by atoms with Crippen molar-refractivity contribution in [2.75, 3.05) is 23.4 Å². The second-order valence-corrected chi connectivity index (χ2v) is 7.73. The molecule has 0 aromatic heterocycles. The minimum absolute atomic E-state index is 0.0627. The van der Waals surface area contributed by atoms with E-state index in [1.54, 1.807) is 4.90 Å². The van der Waals surface area contributed by atoms with Gasteiger partial charge in [0.25, 0.3) is 0 Å². The maximum atomic E-state index is 12.7. The first-order valence-corrected chi connectivity index (χ1v) is 9.32. The van der Waals surface area contributed by atoms with Gasteiger partial charge in [-0.05, 0) is 45.7 Å². The summed E-state index contributed by atoms with van der Waals surface area (Å²) in [6, 6.07) is 5.57. The average Bonchev–Trinajstić information content (AvgIpc) is 2.71. The molecule has 1 aromatic carbocycles. The first-order chi connectivity index (χ1) is 11.9. The van der Waals surface area contributed by atoms with Crippen LogP contribution in [0.3, 0.4) is 0 Å². The largest absolute Gasteiger partial charge is 0.490 e. The Kier molecular flexibility index (Phi) is 5.02. The summed E-state index contributed by atoms with van der Waals surface area (Å²) in [5.41, 5.74) is 0.937. The topological polar surface area (TPSA) is 58.6 Å². The molecule has 1 fully saturated rings. The van der Waals surface area contributed by atoms with Gasteiger partial charge in [0.2, 0.25) is 11.8 Å². The molecule has 3 rings (SSSR count). The molecule has 1 aromatic rings. The Balaban J connectivity index is 1.81. The summed E-state index contributed by atoms with van der Waals surface area (Å²) in [5, 5.41) is 3.02. The van der Waals surface area contributed by atoms with Gasteiger partial charge in [-0.25, -0.2) is 0 Å². The highest BCUT2D eigenvalue weighted by Gasteiger charge is 2.37. The molecule has 5 heteroatoms. The lowest BCUT2D eigenvalue weighted by Crippen LogP contribution is -2.42. The molecular weight excluding hydrogens is 316 g/mol. The third-order valence-electron chi connectivity index (χ3n) is 5.22. The Labute approximate surface area is 149 Å². The van der Waals surface area contributed by atoms with Gasteiger partial charge >= 0.3 is 0 Å². The van der Waals surface area contributed by atoms with Gasteiger partial charge in [0.1, 0.15) is 12.4 Å². The van der Waals surface area contributed by atoms with E-state index < -0.39 is 5.41 Å². The predicted octanol–water partition coefficient (Wildman–Crippen LogP) is 3.98. The van der Waals surface area contributed by atoms with Gasteiger partial charge in [-0.1, -0.05) is 19.3 Å². The molecule has 0 bridgehead atoms. The molecule has 0 unspecified atom stereocenters. The molecule has 1 aliphatic heterocycles. The van der Waals surface area contributed by atoms with E-state index in [2.05, 4.69) is 5.32 Å². The molecule has 0 spiro atoms. The number of carbonyl (C=O) groups is 2. The van der Waals surface area contributed by atoms with E-state index in [9.17, 15) is 9.59 Å². The number of hydrogen-bond donors (Lipinski definition) is 1. The molecule has 1 N–H and O–H groups in total. The van der Waals surface area contributed by atoms with Crippen LogP contribution in [-0.2, 0) is 9.59 Å². The van der Waals surface area contributed by atoms with Gasteiger partial charge in [-0.15, -0.1) is 0 Å². The van der Waals surface area contributed by atoms with Crippen LogP contribution < -0.4 is 15.0 Å². The van der Waals surface area contributed by atoms with Crippen molar-refractivity contribution in [1.82, 2.24) is 0 Å². The van der Waals surface area contributed by atoms with Crippen molar-refractivity contribution in [3.05, 3.63) is 18.2 Å². The number of hydrogen-bond acceptors (Lipinski definition) is 3. The SMILES string of the molecule is CCN1C(=O)C(C)(C)COc2cc(NC(=O)C3CCCCC3)ccc21. The Morgan fingerprint density at radius 3 is 2.68 bits per heavy atom. The van der Waals surface area contributed by atoms with E-state index >= 15 is 0 Å². The Morgan fingerprint density at radius 2 is 2.00 bits per heavy atom. The van der Waals surface area contributed by atoms with Crippen molar-refractivity contribution in [2.24, 2.45) is 11.3 Å². The summed E-state index contributed by atoms with van der Waals surface area (Å²) in [5.74, 6) is 0.924. The van der Waals surface area contributed by atoms with Gasteiger partial charge in [-0.3, -0.25) is 9.59 Å². The Bertz CT molecular complexity index is 663. The number of rotatable bonds is 3. The predicted molar refractivity (Wildman–Crippen MR) is 98.9 cm³/mol. The van der Waals surface area contributed by atoms with Crippen LogP contribution in [0, 0.1) is 11.3 Å². The maximum absolute atomic E-state index is 12.7. The van der Waals surface area contributed by atoms with Crippen molar-refractivity contribution in [3.8, 4) is 5.75 Å². The maximum Gasteiger partial charge on any atom is 0.236 e. The number of anilines is 2. The van der Waals surface area contributed by atoms with Crippen molar-refractivity contribution < 1.29 is 14.3 Å². The zero-order valence-electron chi connectivity index (χ0n) is 15.4. The van der Waals surface area contributed by atoms with E-state index in [4.69, 9.17) is 4.74 Å². The molecule has 2 amide bonds. The third-order valence-corrected chi connectivity index (χ3v) is 5.22. The van der Waals surface area contributed by atoms with E-state index in [0.29, 0.717) is 18.9 Å². The number of amides is 2. The molecule has 1 heterocycles. The molecule has 5 nitrogen and oxygen atoms in total. The van der Waals surface area contributed by atoms with Crippen LogP contribution in [0.25, 0.3) is 0 Å². The van der Waals surface area contributed by atoms with Gasteiger partial charge in [0.15, 0.2) is 0 Å². The van der Waals surface area contributed by atoms with Crippen molar-refractivity contribution in [2.45, 2.75) is 52.9 Å². The lowest BCUT2D eigenvalue weighted by Gasteiger charge is -2.27. The molecule has 0 radical (unpaired) electrons. The molecule has 0 saturated heterocycles. The second kappa shape index (κ2) is 7.06. The summed E-state index contributed by atoms with van der Waals surface area (Å²) >= 11 is 0. The number of nitrogens with zero attached hydrogens (tertiary/aromatic N) is 1. The standard InChI is InChI=1S/C20H28N2O3/c1-4-22-16-11-10-15(21-18(23)14-8-6-5-7-9-14)12-17(16)25-13-20(2,3)19(22)24/h10-12,14H,4-9,13H2,1-3H3,(H,21,23). The Hall–Kier alpha value is -2.04. The van der Waals surface area contributed by atoms with Gasteiger partial charge in [-0.2, -0.15) is 0 Å². The number of ether oxygens (including phenoxy) is 1. The normalized spacial score (nSPS) is 20.4. The van der Waals surface area contributed by atoms with Gasteiger partial charge < -0.3 is 15.0 Å². The fraction of sp³-hybridized carbons (Fsp3) is 0.600. The quantitative estimate of drug-likeness (QED) is 0.902. The summed E-state index contributed by atoms with van der Waals surface area (Å²) in [6.07, 6.45) is 5.44. The molecular formula is C20H28N2O3. The van der Waals surface area contributed by atoms with Gasteiger partial charge in [0.05, 0.1) is 11.1 Å². The second-order valence-electron chi connectivity index (χ2n) is 7.73. The zero-order valence-corrected chi connectivity index (χ0v) is 15.4. The molecule has 2 aliphatic rings. The van der Waals surface area contributed by atoms with E-state index in [1.165, 1.54) is 6.42 Å². The van der Waals surface area contributed by atoms with Crippen molar-refractivity contribution in [1.29, 1.82) is 0 Å². The number of fused-ring (bicyclic) bond motifs is 1. The number of nitrogens with one attached hydrogen (secondary N) is 1. The molecule has 136 valence electrons. The summed E-state index contributed by atoms with van der Waals surface area (Å²) < 4.78 is 5.92. The smallest absolute Gasteiger partial charge is 0.236 e. The third kappa shape index (κ3) is 3.65. The number of carbonyl (C=O) groups excluding carboxylic acids is 2. The van der Waals surface area contributed by atoms with Crippen LogP contribution in [0.1, 0.15) is 52.9 Å². The van der Waals surface area contributed by atoms with Crippen LogP contribution in [0.15, 0.2) is 18.2 Å². The minimum atomic E-state index is -0.569. The lowest BCUT2D eigenvalue weighted by molar-refractivity contribution is -0.127. The Morgan fingerprint density at radius 1 is 1.28 bits per heavy atom. The first kappa shape index (κ1) is 17.8. The van der Waals surface area contributed by atoms with Crippen LogP contribution >= 0.6 is 0 Å². The van der Waals surface area contributed by atoms with Crippen LogP contribution in [-0.4, -0.2) is 25.0 Å². The van der Waals surface area contributed by atoms with Crippen LogP contribution in [0.5, 0.6) is 5.75 Å². The van der Waals surface area contributed by atoms with Crippen LogP contribution in [0.4, 0.5) is 11.4 Å². The fourth-order valence-corrected chi connectivity index (χ4v) is 3.65. The fourth-order valence-electron chi connectivity index (χ4n) is 3.65. The molecule has 1 aliphatic carbocycles. The molecule has 25 heavy (non-hydrogen) atoms. The lowest BCUT2D eigenvalue weighted by atomic mass is 9.88. The summed E-state index contributed by atoms with van der Waals surface area (Å²) in [4.78, 5) is 26.9. The highest BCUT2D eigenvalue weighted by atomic mass is 16.5.